The summed E-state index contributed by atoms with van der Waals surface area (Å²) in [6.45, 7) is 1.77. The molecule has 0 amide bonds. The van der Waals surface area contributed by atoms with Crippen molar-refractivity contribution in [1.82, 2.24) is 0 Å². The molecule has 2 nitrogen and oxygen atoms in total. The first-order valence-corrected chi connectivity index (χ1v) is 6.16. The van der Waals surface area contributed by atoms with Crippen LogP contribution in [0.25, 0.3) is 10.1 Å². The number of hydrogen-bond donors (Lipinski definition) is 0. The van der Waals surface area contributed by atoms with Gasteiger partial charge in [0.1, 0.15) is 5.75 Å². The van der Waals surface area contributed by atoms with Crippen LogP contribution in [0.3, 0.4) is 0 Å². The highest BCUT2D eigenvalue weighted by Gasteiger charge is 2.06. The van der Waals surface area contributed by atoms with E-state index in [1.165, 1.54) is 11.3 Å². The van der Waals surface area contributed by atoms with Gasteiger partial charge in [-0.1, -0.05) is 31.3 Å². The standard InChI is InChI=1S/C12H10O2S2/c1-2-11(13)14-9-7-12(15)16-10-6-4-3-5-8(9)10/h3-7H,2H2,1H3. The smallest absolute Gasteiger partial charge is 0.310 e. The molecule has 0 saturated heterocycles. The maximum Gasteiger partial charge on any atom is 0.310 e. The van der Waals surface area contributed by atoms with Gasteiger partial charge in [0.05, 0.1) is 3.82 Å². The van der Waals surface area contributed by atoms with Crippen LogP contribution in [0.1, 0.15) is 13.3 Å². The van der Waals surface area contributed by atoms with Crippen molar-refractivity contribution < 1.29 is 9.53 Å². The summed E-state index contributed by atoms with van der Waals surface area (Å²) in [5.41, 5.74) is 0. The lowest BCUT2D eigenvalue weighted by Gasteiger charge is -2.05. The molecule has 0 saturated carbocycles. The van der Waals surface area contributed by atoms with E-state index in [9.17, 15) is 4.79 Å². The first kappa shape index (κ1) is 11.2. The zero-order valence-electron chi connectivity index (χ0n) is 8.73. The minimum atomic E-state index is -0.240. The molecule has 1 heterocycles. The Bertz CT molecular complexity index is 587. The van der Waals surface area contributed by atoms with E-state index in [0.717, 1.165) is 13.9 Å². The number of rotatable bonds is 2. The first-order chi connectivity index (χ1) is 7.70. The summed E-state index contributed by atoms with van der Waals surface area (Å²) in [5, 5.41) is 0.933. The Morgan fingerprint density at radius 2 is 2.19 bits per heavy atom. The number of esters is 1. The Hall–Kier alpha value is -1.26. The Morgan fingerprint density at radius 3 is 2.94 bits per heavy atom. The molecule has 82 valence electrons. The van der Waals surface area contributed by atoms with Gasteiger partial charge in [0.15, 0.2) is 0 Å². The summed E-state index contributed by atoms with van der Waals surface area (Å²) in [7, 11) is 0. The summed E-state index contributed by atoms with van der Waals surface area (Å²) in [5.74, 6) is 0.321. The lowest BCUT2D eigenvalue weighted by atomic mass is 10.2. The van der Waals surface area contributed by atoms with Crippen LogP contribution in [0.5, 0.6) is 5.75 Å². The first-order valence-electron chi connectivity index (χ1n) is 4.94. The number of carbonyl (C=O) groups excluding carboxylic acids is 1. The molecule has 0 spiro atoms. The van der Waals surface area contributed by atoms with Gasteiger partial charge < -0.3 is 4.74 Å². The number of hydrogen-bond acceptors (Lipinski definition) is 4. The van der Waals surface area contributed by atoms with Crippen LogP contribution in [0, 0.1) is 3.82 Å². The van der Waals surface area contributed by atoms with Crippen molar-refractivity contribution >= 4 is 39.6 Å². The van der Waals surface area contributed by atoms with Crippen molar-refractivity contribution in [2.24, 2.45) is 0 Å². The van der Waals surface area contributed by atoms with Gasteiger partial charge in [0.25, 0.3) is 0 Å². The Morgan fingerprint density at radius 1 is 1.44 bits per heavy atom. The Balaban J connectivity index is 2.59. The second-order valence-corrected chi connectivity index (χ2v) is 5.04. The van der Waals surface area contributed by atoms with Gasteiger partial charge in [-0.3, -0.25) is 4.79 Å². The summed E-state index contributed by atoms with van der Waals surface area (Å²) >= 11 is 6.66. The van der Waals surface area contributed by atoms with Crippen LogP contribution in [0.2, 0.25) is 0 Å². The Labute approximate surface area is 102 Å². The maximum atomic E-state index is 11.3. The van der Waals surface area contributed by atoms with Crippen LogP contribution < -0.4 is 4.74 Å². The SMILES string of the molecule is CCC(=O)Oc1cc(=S)sc2ccccc12. The van der Waals surface area contributed by atoms with E-state index in [2.05, 4.69) is 0 Å². The predicted octanol–water partition coefficient (Wildman–Crippen LogP) is 3.95. The van der Waals surface area contributed by atoms with Gasteiger partial charge in [-0.05, 0) is 12.1 Å². The highest BCUT2D eigenvalue weighted by atomic mass is 32.1. The third-order valence-corrected chi connectivity index (χ3v) is 3.39. The fourth-order valence-corrected chi connectivity index (χ4v) is 2.55. The minimum absolute atomic E-state index is 0.240. The topological polar surface area (TPSA) is 26.3 Å². The van der Waals surface area contributed by atoms with Gasteiger partial charge in [0, 0.05) is 22.6 Å². The second-order valence-electron chi connectivity index (χ2n) is 3.25. The monoisotopic (exact) mass is 250 g/mol. The van der Waals surface area contributed by atoms with Crippen LogP contribution in [0.4, 0.5) is 0 Å². The predicted molar refractivity (Wildman–Crippen MR) is 68.6 cm³/mol. The van der Waals surface area contributed by atoms with Gasteiger partial charge in [-0.2, -0.15) is 0 Å². The fraction of sp³-hybridized carbons (Fsp3) is 0.167. The third-order valence-electron chi connectivity index (χ3n) is 2.12. The molecule has 0 aliphatic carbocycles. The molecule has 0 aliphatic heterocycles. The van der Waals surface area contributed by atoms with Crippen molar-refractivity contribution in [1.29, 1.82) is 0 Å². The highest BCUT2D eigenvalue weighted by molar-refractivity contribution is 7.73. The van der Waals surface area contributed by atoms with E-state index in [0.29, 0.717) is 12.2 Å². The van der Waals surface area contributed by atoms with Crippen LogP contribution in [-0.2, 0) is 4.79 Å². The van der Waals surface area contributed by atoms with E-state index in [1.54, 1.807) is 13.0 Å². The van der Waals surface area contributed by atoms with Gasteiger partial charge in [0.2, 0.25) is 0 Å². The normalized spacial score (nSPS) is 10.3. The average Bonchev–Trinajstić information content (AvgIpc) is 2.28. The van der Waals surface area contributed by atoms with E-state index in [4.69, 9.17) is 17.0 Å². The van der Waals surface area contributed by atoms with Crippen molar-refractivity contribution in [2.45, 2.75) is 13.3 Å². The van der Waals surface area contributed by atoms with E-state index < -0.39 is 0 Å². The zero-order chi connectivity index (χ0) is 11.5. The molecule has 0 bridgehead atoms. The van der Waals surface area contributed by atoms with E-state index >= 15 is 0 Å². The summed E-state index contributed by atoms with van der Waals surface area (Å²) in [6.07, 6.45) is 0.361. The molecular weight excluding hydrogens is 240 g/mol. The number of benzene rings is 1. The molecule has 2 rings (SSSR count). The molecule has 0 radical (unpaired) electrons. The minimum Gasteiger partial charge on any atom is -0.426 e. The molecule has 0 N–H and O–H groups in total. The van der Waals surface area contributed by atoms with Crippen molar-refractivity contribution in [2.75, 3.05) is 0 Å². The highest BCUT2D eigenvalue weighted by Crippen LogP contribution is 2.29. The Kier molecular flexibility index (Phi) is 3.31. The quantitative estimate of drug-likeness (QED) is 0.596. The van der Waals surface area contributed by atoms with E-state index in [-0.39, 0.29) is 5.97 Å². The molecule has 0 fully saturated rings. The van der Waals surface area contributed by atoms with Crippen LogP contribution in [-0.4, -0.2) is 5.97 Å². The molecule has 0 aliphatic rings. The molecule has 16 heavy (non-hydrogen) atoms. The molecule has 1 aromatic carbocycles. The lowest BCUT2D eigenvalue weighted by Crippen LogP contribution is -2.05. The van der Waals surface area contributed by atoms with Gasteiger partial charge >= 0.3 is 5.97 Å². The van der Waals surface area contributed by atoms with E-state index in [1.807, 2.05) is 24.3 Å². The summed E-state index contributed by atoms with van der Waals surface area (Å²) < 4.78 is 7.01. The lowest BCUT2D eigenvalue weighted by molar-refractivity contribution is -0.133. The molecule has 0 unspecified atom stereocenters. The average molecular weight is 250 g/mol. The molecule has 0 atom stereocenters. The fourth-order valence-electron chi connectivity index (χ4n) is 1.36. The van der Waals surface area contributed by atoms with Gasteiger partial charge in [-0.15, -0.1) is 11.3 Å². The molecule has 1 aromatic heterocycles. The largest absolute Gasteiger partial charge is 0.426 e. The van der Waals surface area contributed by atoms with Crippen molar-refractivity contribution in [3.63, 3.8) is 0 Å². The summed E-state index contributed by atoms with van der Waals surface area (Å²) in [4.78, 5) is 11.3. The van der Waals surface area contributed by atoms with Crippen LogP contribution >= 0.6 is 23.6 Å². The second kappa shape index (κ2) is 4.72. The van der Waals surface area contributed by atoms with Gasteiger partial charge in [-0.25, -0.2) is 0 Å². The number of carbonyl (C=O) groups is 1. The van der Waals surface area contributed by atoms with Crippen LogP contribution in [0.15, 0.2) is 30.3 Å². The molecule has 2 aromatic rings. The third kappa shape index (κ3) is 2.28. The van der Waals surface area contributed by atoms with Crippen molar-refractivity contribution in [3.05, 3.63) is 34.2 Å². The summed E-state index contributed by atoms with van der Waals surface area (Å²) in [6, 6.07) is 9.49. The molecular formula is C12H10O2S2. The zero-order valence-corrected chi connectivity index (χ0v) is 10.4. The maximum absolute atomic E-state index is 11.3. The number of ether oxygens (including phenoxy) is 1. The number of fused-ring (bicyclic) bond motifs is 1. The van der Waals surface area contributed by atoms with Crippen molar-refractivity contribution in [3.8, 4) is 5.75 Å². The molecule has 4 heteroatoms.